The fourth-order valence-electron chi connectivity index (χ4n) is 2.34. The minimum atomic E-state index is -0.546. The highest BCUT2D eigenvalue weighted by Gasteiger charge is 2.30. The van der Waals surface area contributed by atoms with Gasteiger partial charge in [0.05, 0.1) is 31.1 Å². The van der Waals surface area contributed by atoms with Gasteiger partial charge in [0.25, 0.3) is 5.69 Å². The summed E-state index contributed by atoms with van der Waals surface area (Å²) in [6, 6.07) is 2.81. The quantitative estimate of drug-likeness (QED) is 0.591. The Bertz CT molecular complexity index is 525. The first-order chi connectivity index (χ1) is 9.33. The molecule has 6 heteroatoms. The van der Waals surface area contributed by atoms with Crippen LogP contribution in [-0.2, 0) is 4.79 Å². The van der Waals surface area contributed by atoms with Crippen LogP contribution in [0.2, 0.25) is 0 Å². The van der Waals surface area contributed by atoms with Gasteiger partial charge < -0.3 is 9.47 Å². The summed E-state index contributed by atoms with van der Waals surface area (Å²) in [5, 5.41) is 11.2. The number of hydrogen-bond acceptors (Lipinski definition) is 5. The maximum Gasteiger partial charge on any atom is 0.277 e. The number of nitro benzene ring substituents is 1. The first-order valence-corrected chi connectivity index (χ1v) is 6.24. The first-order valence-electron chi connectivity index (χ1n) is 6.24. The van der Waals surface area contributed by atoms with Crippen LogP contribution in [0.4, 0.5) is 5.69 Å². The largest absolute Gasteiger partial charge is 0.493 e. The number of carbonyl (C=O) groups excluding carboxylic acids is 1. The highest BCUT2D eigenvalue weighted by Crippen LogP contribution is 2.40. The molecule has 1 atom stereocenters. The SMILES string of the molecule is COc1cc(C(C(C)=O)C(C)C)c([N+](=O)[O-])cc1OC. The van der Waals surface area contributed by atoms with E-state index in [0.717, 1.165) is 0 Å². The summed E-state index contributed by atoms with van der Waals surface area (Å²) < 4.78 is 10.2. The number of Topliss-reactive ketones (excluding diaryl/α,β-unsaturated/α-hetero) is 1. The molecule has 0 aromatic heterocycles. The van der Waals surface area contributed by atoms with Gasteiger partial charge in [0.15, 0.2) is 11.5 Å². The van der Waals surface area contributed by atoms with Crippen LogP contribution in [0.1, 0.15) is 32.3 Å². The van der Waals surface area contributed by atoms with Crippen molar-refractivity contribution in [2.24, 2.45) is 5.92 Å². The monoisotopic (exact) mass is 281 g/mol. The van der Waals surface area contributed by atoms with Crippen LogP contribution in [0, 0.1) is 16.0 Å². The van der Waals surface area contributed by atoms with Crippen molar-refractivity contribution in [3.63, 3.8) is 0 Å². The summed E-state index contributed by atoms with van der Waals surface area (Å²) in [5.74, 6) is -0.0659. The number of hydrogen-bond donors (Lipinski definition) is 0. The summed E-state index contributed by atoms with van der Waals surface area (Å²) in [4.78, 5) is 22.6. The van der Waals surface area contributed by atoms with Crippen molar-refractivity contribution in [1.29, 1.82) is 0 Å². The minimum absolute atomic E-state index is 0.0516. The lowest BCUT2D eigenvalue weighted by Gasteiger charge is -2.19. The summed E-state index contributed by atoms with van der Waals surface area (Å²) >= 11 is 0. The van der Waals surface area contributed by atoms with Gasteiger partial charge in [0, 0.05) is 5.56 Å². The summed E-state index contributed by atoms with van der Waals surface area (Å²) in [5.41, 5.74) is 0.228. The highest BCUT2D eigenvalue weighted by atomic mass is 16.6. The second-order valence-electron chi connectivity index (χ2n) is 4.86. The molecule has 0 amide bonds. The topological polar surface area (TPSA) is 78.7 Å². The Morgan fingerprint density at radius 1 is 1.20 bits per heavy atom. The Kier molecular flexibility index (Phi) is 5.07. The Hall–Kier alpha value is -2.11. The van der Waals surface area contributed by atoms with Crippen LogP contribution in [0.25, 0.3) is 0 Å². The van der Waals surface area contributed by atoms with E-state index in [0.29, 0.717) is 11.3 Å². The molecule has 0 N–H and O–H groups in total. The normalized spacial score (nSPS) is 12.1. The average molecular weight is 281 g/mol. The molecule has 6 nitrogen and oxygen atoms in total. The maximum absolute atomic E-state index is 11.8. The zero-order valence-corrected chi connectivity index (χ0v) is 12.3. The summed E-state index contributed by atoms with van der Waals surface area (Å²) in [6.07, 6.45) is 0. The molecule has 0 aliphatic heterocycles. The van der Waals surface area contributed by atoms with Crippen molar-refractivity contribution < 1.29 is 19.2 Å². The van der Waals surface area contributed by atoms with Crippen LogP contribution >= 0.6 is 0 Å². The third-order valence-electron chi connectivity index (χ3n) is 3.17. The van der Waals surface area contributed by atoms with Crippen molar-refractivity contribution in [3.05, 3.63) is 27.8 Å². The van der Waals surface area contributed by atoms with E-state index in [4.69, 9.17) is 9.47 Å². The van der Waals surface area contributed by atoms with E-state index >= 15 is 0 Å². The van der Waals surface area contributed by atoms with Gasteiger partial charge >= 0.3 is 0 Å². The van der Waals surface area contributed by atoms with E-state index in [1.165, 1.54) is 33.3 Å². The van der Waals surface area contributed by atoms with Crippen molar-refractivity contribution in [1.82, 2.24) is 0 Å². The fraction of sp³-hybridized carbons (Fsp3) is 0.500. The lowest BCUT2D eigenvalue weighted by atomic mass is 9.84. The number of methoxy groups -OCH3 is 2. The molecule has 0 radical (unpaired) electrons. The van der Waals surface area contributed by atoms with Crippen LogP contribution in [0.15, 0.2) is 12.1 Å². The molecule has 0 fully saturated rings. The van der Waals surface area contributed by atoms with Crippen molar-refractivity contribution in [2.75, 3.05) is 14.2 Å². The van der Waals surface area contributed by atoms with Gasteiger partial charge in [0.1, 0.15) is 5.78 Å². The van der Waals surface area contributed by atoms with E-state index < -0.39 is 10.8 Å². The predicted molar refractivity (Wildman–Crippen MR) is 74.5 cm³/mol. The van der Waals surface area contributed by atoms with E-state index in [-0.39, 0.29) is 23.1 Å². The minimum Gasteiger partial charge on any atom is -0.493 e. The molecule has 0 saturated carbocycles. The Balaban J connectivity index is 3.57. The van der Waals surface area contributed by atoms with Crippen molar-refractivity contribution in [2.45, 2.75) is 26.7 Å². The average Bonchev–Trinajstić information content (AvgIpc) is 2.36. The predicted octanol–water partition coefficient (Wildman–Crippen LogP) is 2.94. The van der Waals surface area contributed by atoms with Crippen LogP contribution in [0.5, 0.6) is 11.5 Å². The molecule has 1 rings (SSSR count). The third-order valence-corrected chi connectivity index (χ3v) is 3.17. The highest BCUT2D eigenvalue weighted by molar-refractivity contribution is 5.85. The second kappa shape index (κ2) is 6.36. The number of ether oxygens (including phenoxy) is 2. The van der Waals surface area contributed by atoms with Gasteiger partial charge in [-0.3, -0.25) is 14.9 Å². The van der Waals surface area contributed by atoms with E-state index in [1.54, 1.807) is 0 Å². The molecule has 110 valence electrons. The molecular formula is C14H19NO5. The van der Waals surface area contributed by atoms with Gasteiger partial charge in [-0.1, -0.05) is 13.8 Å². The van der Waals surface area contributed by atoms with Gasteiger partial charge in [0.2, 0.25) is 0 Å². The van der Waals surface area contributed by atoms with E-state index in [2.05, 4.69) is 0 Å². The molecule has 1 aromatic rings. The Labute approximate surface area is 117 Å². The molecule has 0 spiro atoms. The maximum atomic E-state index is 11.8. The van der Waals surface area contributed by atoms with Gasteiger partial charge in [-0.25, -0.2) is 0 Å². The lowest BCUT2D eigenvalue weighted by Crippen LogP contribution is -2.17. The number of benzene rings is 1. The summed E-state index contributed by atoms with van der Waals surface area (Å²) in [7, 11) is 2.86. The van der Waals surface area contributed by atoms with Crippen LogP contribution in [0.3, 0.4) is 0 Å². The standard InChI is InChI=1S/C14H19NO5/c1-8(2)14(9(3)16)10-6-12(19-4)13(20-5)7-11(10)15(17)18/h6-8,14H,1-5H3. The molecule has 1 aromatic carbocycles. The smallest absolute Gasteiger partial charge is 0.277 e. The molecule has 0 heterocycles. The van der Waals surface area contributed by atoms with Gasteiger partial charge in [-0.15, -0.1) is 0 Å². The Morgan fingerprint density at radius 3 is 2.05 bits per heavy atom. The lowest BCUT2D eigenvalue weighted by molar-refractivity contribution is -0.385. The molecule has 0 aliphatic rings. The summed E-state index contributed by atoms with van der Waals surface area (Å²) in [6.45, 7) is 5.14. The van der Waals surface area contributed by atoms with E-state index in [1.807, 2.05) is 13.8 Å². The van der Waals surface area contributed by atoms with Crippen LogP contribution in [-0.4, -0.2) is 24.9 Å². The zero-order valence-electron chi connectivity index (χ0n) is 12.3. The Morgan fingerprint density at radius 2 is 1.70 bits per heavy atom. The number of nitrogens with zero attached hydrogens (tertiary/aromatic N) is 1. The first kappa shape index (κ1) is 15.9. The second-order valence-corrected chi connectivity index (χ2v) is 4.86. The third kappa shape index (κ3) is 3.07. The zero-order chi connectivity index (χ0) is 15.4. The van der Waals surface area contributed by atoms with Crippen molar-refractivity contribution >= 4 is 11.5 Å². The molecule has 20 heavy (non-hydrogen) atoms. The number of nitro groups is 1. The van der Waals surface area contributed by atoms with E-state index in [9.17, 15) is 14.9 Å². The van der Waals surface area contributed by atoms with Crippen LogP contribution < -0.4 is 9.47 Å². The van der Waals surface area contributed by atoms with Gasteiger partial charge in [-0.2, -0.15) is 0 Å². The van der Waals surface area contributed by atoms with Crippen molar-refractivity contribution in [3.8, 4) is 11.5 Å². The number of rotatable bonds is 6. The molecular weight excluding hydrogens is 262 g/mol. The number of carbonyl (C=O) groups is 1. The number of ketones is 1. The molecule has 0 aliphatic carbocycles. The molecule has 0 bridgehead atoms. The van der Waals surface area contributed by atoms with Gasteiger partial charge in [-0.05, 0) is 18.9 Å². The fourth-order valence-corrected chi connectivity index (χ4v) is 2.34. The molecule has 1 unspecified atom stereocenters. The molecule has 0 saturated heterocycles.